The van der Waals surface area contributed by atoms with E-state index in [-0.39, 0.29) is 11.8 Å². The number of nitrogens with one attached hydrogen (secondary N) is 1. The van der Waals surface area contributed by atoms with E-state index in [1.54, 1.807) is 11.0 Å². The van der Waals surface area contributed by atoms with Crippen LogP contribution in [0.25, 0.3) is 0 Å². The fraction of sp³-hybridized carbons (Fsp3) is 0.273. The monoisotopic (exact) mass is 350 g/mol. The Balaban J connectivity index is 2.12. The zero-order chi connectivity index (χ0) is 18.9. The molecule has 0 aromatic heterocycles. The highest BCUT2D eigenvalue weighted by Crippen LogP contribution is 2.20. The van der Waals surface area contributed by atoms with Gasteiger partial charge in [-0.15, -0.1) is 6.58 Å². The van der Waals surface area contributed by atoms with Gasteiger partial charge in [0.25, 0.3) is 0 Å². The van der Waals surface area contributed by atoms with Gasteiger partial charge in [0, 0.05) is 18.7 Å². The average molecular weight is 350 g/mol. The molecular weight excluding hydrogens is 324 g/mol. The Hall–Kier alpha value is -2.88. The molecule has 0 atom stereocenters. The third kappa shape index (κ3) is 5.59. The first-order valence-corrected chi connectivity index (χ1v) is 8.86. The lowest BCUT2D eigenvalue weighted by molar-refractivity contribution is -0.120. The molecule has 0 saturated heterocycles. The molecule has 0 aliphatic heterocycles. The molecule has 4 heteroatoms. The van der Waals surface area contributed by atoms with Crippen LogP contribution in [-0.4, -0.2) is 18.4 Å². The van der Waals surface area contributed by atoms with E-state index in [9.17, 15) is 9.59 Å². The number of hydrogen-bond acceptors (Lipinski definition) is 2. The maximum absolute atomic E-state index is 12.4. The van der Waals surface area contributed by atoms with Gasteiger partial charge in [0.05, 0.1) is 13.0 Å². The summed E-state index contributed by atoms with van der Waals surface area (Å²) in [6, 6.07) is 15.8. The lowest BCUT2D eigenvalue weighted by Crippen LogP contribution is -2.29. The number of carbonyl (C=O) groups excluding carboxylic acids is 2. The molecule has 136 valence electrons. The zero-order valence-electron chi connectivity index (χ0n) is 15.5. The van der Waals surface area contributed by atoms with Crippen LogP contribution in [0.15, 0.2) is 61.2 Å². The van der Waals surface area contributed by atoms with Crippen molar-refractivity contribution in [3.8, 4) is 0 Å². The summed E-state index contributed by atoms with van der Waals surface area (Å²) in [5, 5.41) is 2.76. The van der Waals surface area contributed by atoms with Crippen molar-refractivity contribution >= 4 is 17.5 Å². The Kier molecular flexibility index (Phi) is 7.15. The highest BCUT2D eigenvalue weighted by atomic mass is 16.2. The van der Waals surface area contributed by atoms with E-state index in [0.29, 0.717) is 25.9 Å². The third-order valence-electron chi connectivity index (χ3n) is 4.12. The summed E-state index contributed by atoms with van der Waals surface area (Å²) >= 11 is 0. The van der Waals surface area contributed by atoms with Crippen molar-refractivity contribution in [2.24, 2.45) is 0 Å². The lowest BCUT2D eigenvalue weighted by atomic mass is 10.1. The molecule has 2 aromatic rings. The summed E-state index contributed by atoms with van der Waals surface area (Å²) in [4.78, 5) is 26.0. The molecule has 26 heavy (non-hydrogen) atoms. The van der Waals surface area contributed by atoms with Gasteiger partial charge in [-0.25, -0.2) is 0 Å². The van der Waals surface area contributed by atoms with Crippen molar-refractivity contribution in [1.82, 2.24) is 5.32 Å². The van der Waals surface area contributed by atoms with E-state index >= 15 is 0 Å². The van der Waals surface area contributed by atoms with Gasteiger partial charge in [0.2, 0.25) is 11.8 Å². The first kappa shape index (κ1) is 19.4. The second kappa shape index (κ2) is 9.56. The summed E-state index contributed by atoms with van der Waals surface area (Å²) in [6.07, 6.45) is 2.41. The Bertz CT molecular complexity index is 749. The van der Waals surface area contributed by atoms with Crippen molar-refractivity contribution in [2.45, 2.75) is 33.2 Å². The number of nitrogens with zero attached hydrogens (tertiary/aromatic N) is 1. The molecule has 0 unspecified atom stereocenters. The first-order chi connectivity index (χ1) is 12.5. The van der Waals surface area contributed by atoms with E-state index in [4.69, 9.17) is 0 Å². The van der Waals surface area contributed by atoms with Crippen LogP contribution in [0.5, 0.6) is 0 Å². The first-order valence-electron chi connectivity index (χ1n) is 8.86. The Morgan fingerprint density at radius 3 is 2.23 bits per heavy atom. The quantitative estimate of drug-likeness (QED) is 0.737. The molecule has 0 spiro atoms. The van der Waals surface area contributed by atoms with E-state index < -0.39 is 0 Å². The van der Waals surface area contributed by atoms with Crippen molar-refractivity contribution in [2.75, 3.05) is 11.4 Å². The fourth-order valence-corrected chi connectivity index (χ4v) is 2.62. The van der Waals surface area contributed by atoms with Gasteiger partial charge in [0.1, 0.15) is 0 Å². The van der Waals surface area contributed by atoms with Gasteiger partial charge in [-0.3, -0.25) is 9.59 Å². The number of anilines is 1. The molecule has 1 N–H and O–H groups in total. The second-order valence-electron chi connectivity index (χ2n) is 6.26. The Morgan fingerprint density at radius 1 is 1.04 bits per heavy atom. The van der Waals surface area contributed by atoms with Crippen molar-refractivity contribution in [3.05, 3.63) is 77.9 Å². The molecule has 0 radical (unpaired) electrons. The smallest absolute Gasteiger partial charge is 0.227 e. The van der Waals surface area contributed by atoms with Crippen LogP contribution < -0.4 is 10.2 Å². The average Bonchev–Trinajstić information content (AvgIpc) is 2.66. The SMILES string of the molecule is C=CCNC(=O)Cc1ccc(N(Cc2ccc(C)cc2)C(=O)CC)cc1. The minimum absolute atomic E-state index is 0.0428. The van der Waals surface area contributed by atoms with Gasteiger partial charge in [-0.1, -0.05) is 55.0 Å². The second-order valence-corrected chi connectivity index (χ2v) is 6.26. The molecule has 0 fully saturated rings. The predicted octanol–water partition coefficient (Wildman–Crippen LogP) is 3.78. The van der Waals surface area contributed by atoms with Gasteiger partial charge < -0.3 is 10.2 Å². The number of hydrogen-bond donors (Lipinski definition) is 1. The van der Waals surface area contributed by atoms with Crippen molar-refractivity contribution < 1.29 is 9.59 Å². The van der Waals surface area contributed by atoms with E-state index in [2.05, 4.69) is 24.0 Å². The summed E-state index contributed by atoms with van der Waals surface area (Å²) in [5.74, 6) is 0.0286. The van der Waals surface area contributed by atoms with Crippen LogP contribution in [0.4, 0.5) is 5.69 Å². The molecule has 0 saturated carbocycles. The zero-order valence-corrected chi connectivity index (χ0v) is 15.5. The summed E-state index contributed by atoms with van der Waals surface area (Å²) in [5.41, 5.74) is 4.04. The molecule has 0 aliphatic rings. The minimum atomic E-state index is -0.0428. The van der Waals surface area contributed by atoms with Gasteiger partial charge in [-0.2, -0.15) is 0 Å². The molecule has 0 heterocycles. The molecule has 2 rings (SSSR count). The number of carbonyl (C=O) groups is 2. The van der Waals surface area contributed by atoms with Crippen LogP contribution in [0.2, 0.25) is 0 Å². The molecule has 0 bridgehead atoms. The molecule has 0 aliphatic carbocycles. The normalized spacial score (nSPS) is 10.2. The van der Waals surface area contributed by atoms with Crippen LogP contribution in [0.3, 0.4) is 0 Å². The number of rotatable bonds is 8. The molecule has 2 aromatic carbocycles. The maximum Gasteiger partial charge on any atom is 0.227 e. The number of aryl methyl sites for hydroxylation is 1. The minimum Gasteiger partial charge on any atom is -0.352 e. The van der Waals surface area contributed by atoms with Crippen molar-refractivity contribution in [1.29, 1.82) is 0 Å². The summed E-state index contributed by atoms with van der Waals surface area (Å²) in [7, 11) is 0. The molecule has 2 amide bonds. The number of benzene rings is 2. The van der Waals surface area contributed by atoms with E-state index in [1.807, 2.05) is 50.2 Å². The van der Waals surface area contributed by atoms with Gasteiger partial charge >= 0.3 is 0 Å². The van der Waals surface area contributed by atoms with Crippen LogP contribution in [0, 0.1) is 6.92 Å². The van der Waals surface area contributed by atoms with Crippen LogP contribution >= 0.6 is 0 Å². The number of amides is 2. The fourth-order valence-electron chi connectivity index (χ4n) is 2.62. The van der Waals surface area contributed by atoms with E-state index in [0.717, 1.165) is 16.8 Å². The Morgan fingerprint density at radius 2 is 1.65 bits per heavy atom. The maximum atomic E-state index is 12.4. The topological polar surface area (TPSA) is 49.4 Å². The summed E-state index contributed by atoms with van der Waals surface area (Å²) in [6.45, 7) is 8.49. The van der Waals surface area contributed by atoms with Crippen molar-refractivity contribution in [3.63, 3.8) is 0 Å². The predicted molar refractivity (Wildman–Crippen MR) is 106 cm³/mol. The lowest BCUT2D eigenvalue weighted by Gasteiger charge is -2.23. The highest BCUT2D eigenvalue weighted by Gasteiger charge is 2.15. The van der Waals surface area contributed by atoms with Crippen LogP contribution in [-0.2, 0) is 22.6 Å². The van der Waals surface area contributed by atoms with Crippen LogP contribution in [0.1, 0.15) is 30.0 Å². The van der Waals surface area contributed by atoms with E-state index in [1.165, 1.54) is 5.56 Å². The van der Waals surface area contributed by atoms with Gasteiger partial charge in [0.15, 0.2) is 0 Å². The standard InChI is InChI=1S/C22H26N2O2/c1-4-14-23-21(25)15-18-10-12-20(13-11-18)24(22(26)5-2)16-19-8-6-17(3)7-9-19/h4,6-13H,1,5,14-16H2,2-3H3,(H,23,25). The third-order valence-corrected chi connectivity index (χ3v) is 4.12. The Labute approximate surface area is 155 Å². The highest BCUT2D eigenvalue weighted by molar-refractivity contribution is 5.93. The van der Waals surface area contributed by atoms with Gasteiger partial charge in [-0.05, 0) is 30.2 Å². The summed E-state index contributed by atoms with van der Waals surface area (Å²) < 4.78 is 0. The largest absolute Gasteiger partial charge is 0.352 e. The molecular formula is C22H26N2O2. The molecule has 4 nitrogen and oxygen atoms in total.